The van der Waals surface area contributed by atoms with Gasteiger partial charge in [0.15, 0.2) is 0 Å². The minimum atomic E-state index is -3.35. The summed E-state index contributed by atoms with van der Waals surface area (Å²) in [6.07, 6.45) is 0.906. The van der Waals surface area contributed by atoms with Crippen LogP contribution in [0, 0.1) is 0 Å². The number of morpholine rings is 1. The summed E-state index contributed by atoms with van der Waals surface area (Å²) in [5.41, 5.74) is 0. The molecule has 0 aromatic heterocycles. The van der Waals surface area contributed by atoms with Gasteiger partial charge in [-0.15, -0.1) is 0 Å². The average molecular weight is 276 g/mol. The molecule has 1 saturated heterocycles. The summed E-state index contributed by atoms with van der Waals surface area (Å²) in [4.78, 5) is 10.9. The molecule has 1 aliphatic heterocycles. The van der Waals surface area contributed by atoms with Crippen molar-refractivity contribution in [3.05, 3.63) is 12.7 Å². The summed E-state index contributed by atoms with van der Waals surface area (Å²) in [7, 11) is -3.35. The predicted molar refractivity (Wildman–Crippen MR) is 68.6 cm³/mol. The molecule has 0 aliphatic carbocycles. The van der Waals surface area contributed by atoms with Crippen LogP contribution in [0.5, 0.6) is 0 Å². The highest BCUT2D eigenvalue weighted by atomic mass is 32.2. The first-order valence-corrected chi connectivity index (χ1v) is 7.49. The van der Waals surface area contributed by atoms with Gasteiger partial charge in [-0.25, -0.2) is 8.42 Å². The standard InChI is InChI=1S/C11H20N2O4S/c1-4-11(14)12-5-6-18(15,16)13-7-9(2)17-10(3)8-13/h4,9-10H,1,5-8H2,2-3H3,(H,12,14). The molecule has 18 heavy (non-hydrogen) atoms. The zero-order valence-corrected chi connectivity index (χ0v) is 11.6. The minimum absolute atomic E-state index is 0.0906. The molecule has 7 heteroatoms. The lowest BCUT2D eigenvalue weighted by Gasteiger charge is -2.34. The van der Waals surface area contributed by atoms with Crippen molar-refractivity contribution < 1.29 is 17.9 Å². The fourth-order valence-corrected chi connectivity index (χ4v) is 3.35. The molecular formula is C11H20N2O4S. The maximum atomic E-state index is 12.0. The molecule has 104 valence electrons. The Kier molecular flexibility index (Phi) is 5.30. The van der Waals surface area contributed by atoms with Crippen molar-refractivity contribution in [1.82, 2.24) is 9.62 Å². The Bertz CT molecular complexity index is 397. The largest absolute Gasteiger partial charge is 0.373 e. The second-order valence-corrected chi connectivity index (χ2v) is 6.47. The van der Waals surface area contributed by atoms with Gasteiger partial charge >= 0.3 is 0 Å². The number of sulfonamides is 1. The van der Waals surface area contributed by atoms with Gasteiger partial charge in [0.25, 0.3) is 0 Å². The van der Waals surface area contributed by atoms with Crippen molar-refractivity contribution >= 4 is 15.9 Å². The molecule has 0 bridgehead atoms. The highest BCUT2D eigenvalue weighted by molar-refractivity contribution is 7.89. The SMILES string of the molecule is C=CC(=O)NCCS(=O)(=O)N1CC(C)OC(C)C1. The third-order valence-electron chi connectivity index (χ3n) is 2.62. The van der Waals surface area contributed by atoms with Gasteiger partial charge in [-0.2, -0.15) is 4.31 Å². The van der Waals surface area contributed by atoms with Crippen molar-refractivity contribution in [2.75, 3.05) is 25.4 Å². The van der Waals surface area contributed by atoms with Crippen LogP contribution in [0.15, 0.2) is 12.7 Å². The average Bonchev–Trinajstić information content (AvgIpc) is 2.27. The topological polar surface area (TPSA) is 75.7 Å². The first-order valence-electron chi connectivity index (χ1n) is 5.88. The van der Waals surface area contributed by atoms with Gasteiger partial charge in [0, 0.05) is 19.6 Å². The molecule has 2 atom stereocenters. The van der Waals surface area contributed by atoms with Gasteiger partial charge in [0.1, 0.15) is 0 Å². The van der Waals surface area contributed by atoms with Crippen LogP contribution < -0.4 is 5.32 Å². The number of nitrogens with zero attached hydrogens (tertiary/aromatic N) is 1. The Labute approximate surface area is 108 Å². The van der Waals surface area contributed by atoms with E-state index in [1.807, 2.05) is 13.8 Å². The molecule has 0 radical (unpaired) electrons. The Balaban J connectivity index is 2.52. The Morgan fingerprint density at radius 1 is 1.44 bits per heavy atom. The number of nitrogens with one attached hydrogen (secondary N) is 1. The number of carbonyl (C=O) groups is 1. The van der Waals surface area contributed by atoms with Crippen LogP contribution in [0.25, 0.3) is 0 Å². The molecule has 0 aromatic carbocycles. The van der Waals surface area contributed by atoms with E-state index in [9.17, 15) is 13.2 Å². The lowest BCUT2D eigenvalue weighted by Crippen LogP contribution is -2.49. The number of carbonyl (C=O) groups excluding carboxylic acids is 1. The third kappa shape index (κ3) is 4.40. The van der Waals surface area contributed by atoms with Crippen molar-refractivity contribution in [2.24, 2.45) is 0 Å². The highest BCUT2D eigenvalue weighted by Gasteiger charge is 2.30. The summed E-state index contributed by atoms with van der Waals surface area (Å²) in [6, 6.07) is 0. The molecule has 0 saturated carbocycles. The van der Waals surface area contributed by atoms with E-state index in [-0.39, 0.29) is 30.4 Å². The molecule has 1 amide bonds. The summed E-state index contributed by atoms with van der Waals surface area (Å²) >= 11 is 0. The summed E-state index contributed by atoms with van der Waals surface area (Å²) in [5.74, 6) is -0.472. The lowest BCUT2D eigenvalue weighted by atomic mass is 10.3. The molecule has 1 aliphatic rings. The monoisotopic (exact) mass is 276 g/mol. The fourth-order valence-electron chi connectivity index (χ4n) is 1.86. The van der Waals surface area contributed by atoms with E-state index in [2.05, 4.69) is 11.9 Å². The first-order chi connectivity index (χ1) is 8.35. The zero-order chi connectivity index (χ0) is 13.8. The number of hydrogen-bond donors (Lipinski definition) is 1. The summed E-state index contributed by atoms with van der Waals surface area (Å²) in [6.45, 7) is 7.80. The van der Waals surface area contributed by atoms with Crippen LogP contribution in [0.3, 0.4) is 0 Å². The van der Waals surface area contributed by atoms with Crippen LogP contribution in [-0.4, -0.2) is 56.2 Å². The highest BCUT2D eigenvalue weighted by Crippen LogP contribution is 2.14. The number of hydrogen-bond acceptors (Lipinski definition) is 4. The van der Waals surface area contributed by atoms with Crippen LogP contribution in [-0.2, 0) is 19.6 Å². The van der Waals surface area contributed by atoms with E-state index in [0.29, 0.717) is 13.1 Å². The maximum absolute atomic E-state index is 12.0. The van der Waals surface area contributed by atoms with Crippen molar-refractivity contribution in [2.45, 2.75) is 26.1 Å². The van der Waals surface area contributed by atoms with Gasteiger partial charge in [-0.3, -0.25) is 4.79 Å². The van der Waals surface area contributed by atoms with Crippen molar-refractivity contribution in [3.8, 4) is 0 Å². The third-order valence-corrected chi connectivity index (χ3v) is 4.43. The Morgan fingerprint density at radius 2 is 2.00 bits per heavy atom. The smallest absolute Gasteiger partial charge is 0.243 e. The quantitative estimate of drug-likeness (QED) is 0.701. The molecule has 1 rings (SSSR count). The van der Waals surface area contributed by atoms with Crippen LogP contribution in [0.1, 0.15) is 13.8 Å². The summed E-state index contributed by atoms with van der Waals surface area (Å²) < 4.78 is 31.0. The molecule has 1 heterocycles. The van der Waals surface area contributed by atoms with Gasteiger partial charge < -0.3 is 10.1 Å². The van der Waals surface area contributed by atoms with E-state index >= 15 is 0 Å². The van der Waals surface area contributed by atoms with Crippen LogP contribution in [0.4, 0.5) is 0 Å². The van der Waals surface area contributed by atoms with Crippen LogP contribution >= 0.6 is 0 Å². The molecule has 1 fully saturated rings. The molecule has 1 N–H and O–H groups in total. The zero-order valence-electron chi connectivity index (χ0n) is 10.8. The first kappa shape index (κ1) is 15.1. The molecule has 2 unspecified atom stereocenters. The van der Waals surface area contributed by atoms with E-state index in [4.69, 9.17) is 4.74 Å². The Hall–Kier alpha value is -0.920. The van der Waals surface area contributed by atoms with Gasteiger partial charge in [0.05, 0.1) is 18.0 Å². The van der Waals surface area contributed by atoms with Crippen LogP contribution in [0.2, 0.25) is 0 Å². The molecule has 0 spiro atoms. The number of rotatable bonds is 5. The molecule has 0 aromatic rings. The lowest BCUT2D eigenvalue weighted by molar-refractivity contribution is -0.116. The van der Waals surface area contributed by atoms with Gasteiger partial charge in [0.2, 0.25) is 15.9 Å². The van der Waals surface area contributed by atoms with Crippen molar-refractivity contribution in [1.29, 1.82) is 0 Å². The van der Waals surface area contributed by atoms with Gasteiger partial charge in [-0.1, -0.05) is 6.58 Å². The molecule has 6 nitrogen and oxygen atoms in total. The van der Waals surface area contributed by atoms with E-state index in [1.165, 1.54) is 4.31 Å². The minimum Gasteiger partial charge on any atom is -0.373 e. The summed E-state index contributed by atoms with van der Waals surface area (Å²) in [5, 5.41) is 2.46. The fraction of sp³-hybridized carbons (Fsp3) is 0.727. The maximum Gasteiger partial charge on any atom is 0.243 e. The van der Waals surface area contributed by atoms with Crippen molar-refractivity contribution in [3.63, 3.8) is 0 Å². The Morgan fingerprint density at radius 3 is 2.50 bits per heavy atom. The number of amides is 1. The van der Waals surface area contributed by atoms with Gasteiger partial charge in [-0.05, 0) is 19.9 Å². The van der Waals surface area contributed by atoms with E-state index < -0.39 is 10.0 Å². The molecular weight excluding hydrogens is 256 g/mol. The predicted octanol–water partition coefficient (Wildman–Crippen LogP) is -0.272. The number of ether oxygens (including phenoxy) is 1. The second kappa shape index (κ2) is 6.31. The second-order valence-electron chi connectivity index (χ2n) is 4.39. The van der Waals surface area contributed by atoms with E-state index in [0.717, 1.165) is 6.08 Å². The normalized spacial score (nSPS) is 25.7. The van der Waals surface area contributed by atoms with E-state index in [1.54, 1.807) is 0 Å².